The van der Waals surface area contributed by atoms with Gasteiger partial charge in [0.1, 0.15) is 12.2 Å². The fraction of sp³-hybridized carbons (Fsp3) is 0.0435. The van der Waals surface area contributed by atoms with Crippen molar-refractivity contribution in [3.05, 3.63) is 99.7 Å². The second-order valence-electron chi connectivity index (χ2n) is 6.44. The molecule has 0 aliphatic carbocycles. The van der Waals surface area contributed by atoms with Crippen LogP contribution in [0.3, 0.4) is 0 Å². The predicted molar refractivity (Wildman–Crippen MR) is 119 cm³/mol. The van der Waals surface area contributed by atoms with Crippen LogP contribution in [-0.4, -0.2) is 12.1 Å². The molecule has 30 heavy (non-hydrogen) atoms. The van der Waals surface area contributed by atoms with E-state index in [9.17, 15) is 4.79 Å². The Hall–Kier alpha value is -3.28. The first kappa shape index (κ1) is 20.0. The average Bonchev–Trinajstić information content (AvgIpc) is 3.18. The first-order valence-electron chi connectivity index (χ1n) is 9.08. The number of carbonyl (C=O) groups excluding carboxylic acids is 1. The second-order valence-corrected chi connectivity index (χ2v) is 7.25. The minimum Gasteiger partial charge on any atom is -0.486 e. The van der Waals surface area contributed by atoms with Crippen molar-refractivity contribution >= 4 is 46.3 Å². The van der Waals surface area contributed by atoms with Gasteiger partial charge in [0.25, 0.3) is 0 Å². The van der Waals surface area contributed by atoms with Crippen LogP contribution < -0.4 is 10.2 Å². The number of hydrogen-bond acceptors (Lipinski definition) is 4. The number of benzene rings is 3. The summed E-state index contributed by atoms with van der Waals surface area (Å²) in [5.74, 6) is 0.113. The van der Waals surface area contributed by atoms with Crippen LogP contribution in [-0.2, 0) is 6.61 Å². The number of carbonyl (C=O) groups is 1. The van der Waals surface area contributed by atoms with Crippen LogP contribution in [0.5, 0.6) is 5.75 Å². The molecule has 5 nitrogen and oxygen atoms in total. The van der Waals surface area contributed by atoms with E-state index in [-0.39, 0.29) is 5.76 Å². The Bertz CT molecular complexity index is 1160. The number of ether oxygens (including phenoxy) is 1. The third kappa shape index (κ3) is 4.64. The highest BCUT2D eigenvalue weighted by molar-refractivity contribution is 6.37. The Morgan fingerprint density at radius 3 is 2.43 bits per heavy atom. The van der Waals surface area contributed by atoms with E-state index in [2.05, 4.69) is 10.5 Å². The number of nitrogens with one attached hydrogen (secondary N) is 1. The van der Waals surface area contributed by atoms with Gasteiger partial charge in [-0.2, -0.15) is 5.10 Å². The molecule has 0 saturated carbocycles. The molecule has 0 spiro atoms. The third-order valence-corrected chi connectivity index (χ3v) is 4.84. The first-order chi connectivity index (χ1) is 14.6. The number of amides is 1. The zero-order valence-corrected chi connectivity index (χ0v) is 17.2. The summed E-state index contributed by atoms with van der Waals surface area (Å²) >= 11 is 12.6. The van der Waals surface area contributed by atoms with E-state index in [1.807, 2.05) is 48.5 Å². The molecular formula is C23H16Cl2N2O3. The van der Waals surface area contributed by atoms with Gasteiger partial charge in [0.15, 0.2) is 11.5 Å². The van der Waals surface area contributed by atoms with Crippen molar-refractivity contribution in [1.29, 1.82) is 0 Å². The Morgan fingerprint density at radius 1 is 1.00 bits per heavy atom. The van der Waals surface area contributed by atoms with Crippen LogP contribution >= 0.6 is 23.2 Å². The molecular weight excluding hydrogens is 423 g/mol. The summed E-state index contributed by atoms with van der Waals surface area (Å²) in [7, 11) is 0. The summed E-state index contributed by atoms with van der Waals surface area (Å²) in [6, 6.07) is 22.0. The molecule has 0 radical (unpaired) electrons. The summed E-state index contributed by atoms with van der Waals surface area (Å²) in [6.45, 7) is 0.348. The van der Waals surface area contributed by atoms with Crippen molar-refractivity contribution in [2.24, 2.45) is 5.10 Å². The molecule has 4 aromatic rings. The number of para-hydroxylation sites is 1. The lowest BCUT2D eigenvalue weighted by Gasteiger charge is -2.10. The number of halogens is 2. The van der Waals surface area contributed by atoms with E-state index in [4.69, 9.17) is 32.4 Å². The van der Waals surface area contributed by atoms with Gasteiger partial charge < -0.3 is 9.15 Å². The van der Waals surface area contributed by atoms with Crippen LogP contribution in [0.15, 0.2) is 82.3 Å². The molecule has 1 heterocycles. The largest absolute Gasteiger partial charge is 0.486 e. The number of nitrogens with zero attached hydrogens (tertiary/aromatic N) is 1. The second kappa shape index (κ2) is 9.03. The van der Waals surface area contributed by atoms with Gasteiger partial charge in [-0.1, -0.05) is 71.7 Å². The van der Waals surface area contributed by atoms with E-state index in [1.165, 1.54) is 6.21 Å². The third-order valence-electron chi connectivity index (χ3n) is 4.28. The summed E-state index contributed by atoms with van der Waals surface area (Å²) in [5.41, 5.74) is 4.68. The standard InChI is InChI=1S/C23H16Cl2N2O3/c24-18-10-16(11-19(25)22(18)29-14-15-6-2-1-3-7-15)13-26-27-23(28)21-12-17-8-4-5-9-20(17)30-21/h1-13H,14H2,(H,27,28)/b26-13+. The fourth-order valence-electron chi connectivity index (χ4n) is 2.84. The van der Waals surface area contributed by atoms with Crippen molar-refractivity contribution in [2.45, 2.75) is 6.61 Å². The maximum atomic E-state index is 12.2. The lowest BCUT2D eigenvalue weighted by molar-refractivity contribution is 0.0929. The maximum Gasteiger partial charge on any atom is 0.307 e. The van der Waals surface area contributed by atoms with Crippen LogP contribution in [0.2, 0.25) is 10.0 Å². The molecule has 1 aromatic heterocycles. The zero-order valence-electron chi connectivity index (χ0n) is 15.6. The smallest absolute Gasteiger partial charge is 0.307 e. The minimum absolute atomic E-state index is 0.175. The zero-order chi connectivity index (χ0) is 20.9. The minimum atomic E-state index is -0.456. The highest BCUT2D eigenvalue weighted by Gasteiger charge is 2.12. The van der Waals surface area contributed by atoms with Crippen molar-refractivity contribution in [2.75, 3.05) is 0 Å². The highest BCUT2D eigenvalue weighted by atomic mass is 35.5. The summed E-state index contributed by atoms with van der Waals surface area (Å²) < 4.78 is 11.3. The SMILES string of the molecule is O=C(N/N=C/c1cc(Cl)c(OCc2ccccc2)c(Cl)c1)c1cc2ccccc2o1. The average molecular weight is 439 g/mol. The van der Waals surface area contributed by atoms with Crippen molar-refractivity contribution in [3.63, 3.8) is 0 Å². The van der Waals surface area contributed by atoms with Gasteiger partial charge in [-0.15, -0.1) is 0 Å². The molecule has 7 heteroatoms. The molecule has 0 fully saturated rings. The molecule has 4 rings (SSSR count). The van der Waals surface area contributed by atoms with Gasteiger partial charge >= 0.3 is 5.91 Å². The normalized spacial score (nSPS) is 11.1. The molecule has 1 amide bonds. The first-order valence-corrected chi connectivity index (χ1v) is 9.83. The van der Waals surface area contributed by atoms with Gasteiger partial charge in [0.2, 0.25) is 0 Å². The Kier molecular flexibility index (Phi) is 6.02. The molecule has 0 aliphatic heterocycles. The fourth-order valence-corrected chi connectivity index (χ4v) is 3.45. The molecule has 150 valence electrons. The Labute approximate surface area is 182 Å². The predicted octanol–water partition coefficient (Wildman–Crippen LogP) is 6.08. The topological polar surface area (TPSA) is 63.8 Å². The number of hydrazone groups is 1. The Morgan fingerprint density at radius 2 is 1.70 bits per heavy atom. The molecule has 1 N–H and O–H groups in total. The Balaban J connectivity index is 1.41. The summed E-state index contributed by atoms with van der Waals surface area (Å²) in [4.78, 5) is 12.2. The lowest BCUT2D eigenvalue weighted by atomic mass is 10.2. The van der Waals surface area contributed by atoms with Gasteiger partial charge in [-0.25, -0.2) is 5.43 Å². The van der Waals surface area contributed by atoms with E-state index in [1.54, 1.807) is 24.3 Å². The van der Waals surface area contributed by atoms with Gasteiger partial charge in [0, 0.05) is 5.39 Å². The van der Waals surface area contributed by atoms with E-state index in [0.717, 1.165) is 10.9 Å². The monoisotopic (exact) mass is 438 g/mol. The number of furan rings is 1. The molecule has 0 unspecified atom stereocenters. The number of fused-ring (bicyclic) bond motifs is 1. The van der Waals surface area contributed by atoms with Gasteiger partial charge in [-0.3, -0.25) is 4.79 Å². The molecule has 0 bridgehead atoms. The van der Waals surface area contributed by atoms with E-state index < -0.39 is 5.91 Å². The summed E-state index contributed by atoms with van der Waals surface area (Å²) in [5, 5.41) is 5.50. The lowest BCUT2D eigenvalue weighted by Crippen LogP contribution is -2.16. The van der Waals surface area contributed by atoms with E-state index >= 15 is 0 Å². The number of rotatable bonds is 6. The molecule has 3 aromatic carbocycles. The van der Waals surface area contributed by atoms with Crippen LogP contribution in [0.25, 0.3) is 11.0 Å². The van der Waals surface area contributed by atoms with E-state index in [0.29, 0.717) is 33.5 Å². The molecule has 0 saturated heterocycles. The quantitative estimate of drug-likeness (QED) is 0.293. The summed E-state index contributed by atoms with van der Waals surface area (Å²) in [6.07, 6.45) is 1.44. The van der Waals surface area contributed by atoms with Crippen LogP contribution in [0.1, 0.15) is 21.7 Å². The number of hydrogen-bond donors (Lipinski definition) is 1. The maximum absolute atomic E-state index is 12.2. The molecule has 0 atom stereocenters. The highest BCUT2D eigenvalue weighted by Crippen LogP contribution is 2.34. The van der Waals surface area contributed by atoms with Crippen molar-refractivity contribution < 1.29 is 13.9 Å². The van der Waals surface area contributed by atoms with Crippen molar-refractivity contribution in [3.8, 4) is 5.75 Å². The molecule has 0 aliphatic rings. The van der Waals surface area contributed by atoms with Gasteiger partial charge in [-0.05, 0) is 35.4 Å². The van der Waals surface area contributed by atoms with Gasteiger partial charge in [0.05, 0.1) is 16.3 Å². The van der Waals surface area contributed by atoms with Crippen LogP contribution in [0, 0.1) is 0 Å². The van der Waals surface area contributed by atoms with Crippen molar-refractivity contribution in [1.82, 2.24) is 5.43 Å². The van der Waals surface area contributed by atoms with Crippen LogP contribution in [0.4, 0.5) is 0 Å².